The molecule has 0 N–H and O–H groups in total. The second-order valence-electron chi connectivity index (χ2n) is 9.21. The Balaban J connectivity index is 1.60. The van der Waals surface area contributed by atoms with Crippen LogP contribution in [0.2, 0.25) is 0 Å². The maximum Gasteiger partial charge on any atom is 0.145 e. The summed E-state index contributed by atoms with van der Waals surface area (Å²) in [5.74, 6) is 1.64. The van der Waals surface area contributed by atoms with E-state index in [2.05, 4.69) is 91.0 Å². The zero-order valence-corrected chi connectivity index (χ0v) is 20.9. The highest BCUT2D eigenvalue weighted by Crippen LogP contribution is 2.54. The fraction of sp³-hybridized carbons (Fsp3) is 0.118. The van der Waals surface area contributed by atoms with Crippen LogP contribution in [0.4, 0.5) is 0 Å². The van der Waals surface area contributed by atoms with E-state index in [0.29, 0.717) is 0 Å². The average molecular weight is 485 g/mol. The second-order valence-corrected chi connectivity index (χ2v) is 9.21. The summed E-state index contributed by atoms with van der Waals surface area (Å²) in [5.41, 5.74) is 7.10. The van der Waals surface area contributed by atoms with Crippen molar-refractivity contribution >= 4 is 0 Å². The molecule has 2 unspecified atom stereocenters. The molecule has 182 valence electrons. The van der Waals surface area contributed by atoms with E-state index < -0.39 is 5.60 Å². The van der Waals surface area contributed by atoms with Gasteiger partial charge in [-0.2, -0.15) is 0 Å². The van der Waals surface area contributed by atoms with E-state index >= 15 is 0 Å². The molecule has 1 aliphatic heterocycles. The molecule has 0 bridgehead atoms. The van der Waals surface area contributed by atoms with Crippen LogP contribution in [0.5, 0.6) is 11.5 Å². The fourth-order valence-corrected chi connectivity index (χ4v) is 5.35. The summed E-state index contributed by atoms with van der Waals surface area (Å²) in [6.07, 6.45) is -0.258. The van der Waals surface area contributed by atoms with Crippen molar-refractivity contribution in [3.63, 3.8) is 0 Å². The molecule has 6 rings (SSSR count). The first-order valence-corrected chi connectivity index (χ1v) is 12.4. The highest BCUT2D eigenvalue weighted by molar-refractivity contribution is 5.68. The van der Waals surface area contributed by atoms with Gasteiger partial charge in [0, 0.05) is 0 Å². The summed E-state index contributed by atoms with van der Waals surface area (Å²) in [6.45, 7) is 0. The molecule has 0 amide bonds. The summed E-state index contributed by atoms with van der Waals surface area (Å²) >= 11 is 0. The monoisotopic (exact) mass is 484 g/mol. The lowest BCUT2D eigenvalue weighted by atomic mass is 9.79. The van der Waals surface area contributed by atoms with Gasteiger partial charge in [-0.3, -0.25) is 0 Å². The van der Waals surface area contributed by atoms with Gasteiger partial charge in [0.05, 0.1) is 14.2 Å². The SMILES string of the molecule is COc1ccc(C2OC(c3ccccc3)(c3ccc(OC)cc3)c3ccc(-c4ccccc4)cc32)cc1. The van der Waals surface area contributed by atoms with Gasteiger partial charge in [0.25, 0.3) is 0 Å². The number of hydrogen-bond donors (Lipinski definition) is 0. The predicted octanol–water partition coefficient (Wildman–Crippen LogP) is 7.78. The first-order chi connectivity index (χ1) is 18.2. The van der Waals surface area contributed by atoms with Crippen LogP contribution in [0, 0.1) is 0 Å². The van der Waals surface area contributed by atoms with Crippen LogP contribution < -0.4 is 9.47 Å². The molecule has 5 aromatic carbocycles. The van der Waals surface area contributed by atoms with Gasteiger partial charge in [-0.05, 0) is 69.3 Å². The number of fused-ring (bicyclic) bond motifs is 1. The van der Waals surface area contributed by atoms with Crippen LogP contribution in [0.3, 0.4) is 0 Å². The Morgan fingerprint density at radius 2 is 1.14 bits per heavy atom. The number of hydrogen-bond acceptors (Lipinski definition) is 3. The van der Waals surface area contributed by atoms with Gasteiger partial charge in [0.1, 0.15) is 23.2 Å². The molecule has 37 heavy (non-hydrogen) atoms. The molecule has 1 aliphatic rings. The second kappa shape index (κ2) is 9.61. The molecule has 0 saturated heterocycles. The van der Waals surface area contributed by atoms with Crippen LogP contribution in [0.1, 0.15) is 33.9 Å². The van der Waals surface area contributed by atoms with Crippen LogP contribution in [0.25, 0.3) is 11.1 Å². The number of methoxy groups -OCH3 is 2. The molecule has 0 radical (unpaired) electrons. The molecule has 3 heteroatoms. The van der Waals surface area contributed by atoms with Crippen LogP contribution >= 0.6 is 0 Å². The van der Waals surface area contributed by atoms with Gasteiger partial charge in [0.15, 0.2) is 0 Å². The van der Waals surface area contributed by atoms with Gasteiger partial charge in [-0.25, -0.2) is 0 Å². The maximum atomic E-state index is 7.23. The molecule has 1 heterocycles. The smallest absolute Gasteiger partial charge is 0.145 e. The predicted molar refractivity (Wildman–Crippen MR) is 147 cm³/mol. The average Bonchev–Trinajstić information content (AvgIpc) is 3.34. The van der Waals surface area contributed by atoms with Crippen LogP contribution in [-0.2, 0) is 10.3 Å². The van der Waals surface area contributed by atoms with Crippen molar-refractivity contribution in [1.29, 1.82) is 0 Å². The molecule has 5 aromatic rings. The number of rotatable bonds is 6. The lowest BCUT2D eigenvalue weighted by Crippen LogP contribution is -2.29. The van der Waals surface area contributed by atoms with Crippen molar-refractivity contribution < 1.29 is 14.2 Å². The van der Waals surface area contributed by atoms with Gasteiger partial charge in [0.2, 0.25) is 0 Å². The van der Waals surface area contributed by atoms with E-state index in [9.17, 15) is 0 Å². The Bertz CT molecular complexity index is 1490. The van der Waals surface area contributed by atoms with E-state index in [1.807, 2.05) is 36.4 Å². The standard InChI is InChI=1S/C34H28O3/c1-35-29-18-13-25(14-19-29)33-31-23-26(24-9-5-3-6-10-24)15-22-32(31)34(37-33,27-11-7-4-8-12-27)28-16-20-30(36-2)21-17-28/h3-23,33H,1-2H3. The molecule has 0 aliphatic carbocycles. The summed E-state index contributed by atoms with van der Waals surface area (Å²) in [5, 5.41) is 0. The number of benzene rings is 5. The minimum absolute atomic E-state index is 0.258. The lowest BCUT2D eigenvalue weighted by Gasteiger charge is -2.32. The van der Waals surface area contributed by atoms with Crippen molar-refractivity contribution in [1.82, 2.24) is 0 Å². The highest BCUT2D eigenvalue weighted by Gasteiger charge is 2.48. The summed E-state index contributed by atoms with van der Waals surface area (Å²) < 4.78 is 18.1. The highest BCUT2D eigenvalue weighted by atomic mass is 16.5. The van der Waals surface area contributed by atoms with E-state index in [0.717, 1.165) is 39.3 Å². The number of ether oxygens (including phenoxy) is 3. The van der Waals surface area contributed by atoms with E-state index in [4.69, 9.17) is 14.2 Å². The summed E-state index contributed by atoms with van der Waals surface area (Å²) in [4.78, 5) is 0. The molecule has 2 atom stereocenters. The van der Waals surface area contributed by atoms with E-state index in [1.165, 1.54) is 11.1 Å². The van der Waals surface area contributed by atoms with Crippen molar-refractivity contribution in [2.24, 2.45) is 0 Å². The fourth-order valence-electron chi connectivity index (χ4n) is 5.35. The van der Waals surface area contributed by atoms with E-state index in [-0.39, 0.29) is 6.10 Å². The maximum absolute atomic E-state index is 7.23. The quantitative estimate of drug-likeness (QED) is 0.246. The Kier molecular flexibility index (Phi) is 5.99. The van der Waals surface area contributed by atoms with Crippen LogP contribution in [-0.4, -0.2) is 14.2 Å². The Hall–Kier alpha value is -4.34. The Morgan fingerprint density at radius 1 is 0.568 bits per heavy atom. The van der Waals surface area contributed by atoms with Crippen molar-refractivity contribution in [3.8, 4) is 22.6 Å². The first kappa shape index (κ1) is 23.1. The normalized spacial score (nSPS) is 18.3. The third-order valence-electron chi connectivity index (χ3n) is 7.21. The summed E-state index contributed by atoms with van der Waals surface area (Å²) in [6, 6.07) is 44.1. The van der Waals surface area contributed by atoms with Crippen molar-refractivity contribution in [2.75, 3.05) is 14.2 Å². The molecule has 3 nitrogen and oxygen atoms in total. The third-order valence-corrected chi connectivity index (χ3v) is 7.21. The summed E-state index contributed by atoms with van der Waals surface area (Å²) in [7, 11) is 3.38. The molecule has 0 saturated carbocycles. The first-order valence-electron chi connectivity index (χ1n) is 12.4. The zero-order valence-electron chi connectivity index (χ0n) is 20.9. The Labute approximate surface area is 217 Å². The van der Waals surface area contributed by atoms with E-state index in [1.54, 1.807) is 14.2 Å². The van der Waals surface area contributed by atoms with Gasteiger partial charge < -0.3 is 14.2 Å². The van der Waals surface area contributed by atoms with Gasteiger partial charge in [-0.15, -0.1) is 0 Å². The largest absolute Gasteiger partial charge is 0.497 e. The van der Waals surface area contributed by atoms with Crippen LogP contribution in [0.15, 0.2) is 127 Å². The minimum atomic E-state index is -0.775. The Morgan fingerprint density at radius 3 is 1.76 bits per heavy atom. The molecule has 0 aromatic heterocycles. The van der Waals surface area contributed by atoms with Gasteiger partial charge in [-0.1, -0.05) is 97.1 Å². The van der Waals surface area contributed by atoms with Gasteiger partial charge >= 0.3 is 0 Å². The zero-order chi connectivity index (χ0) is 25.2. The molecule has 0 fully saturated rings. The van der Waals surface area contributed by atoms with Crippen molar-refractivity contribution in [3.05, 3.63) is 155 Å². The van der Waals surface area contributed by atoms with Crippen molar-refractivity contribution in [2.45, 2.75) is 11.7 Å². The topological polar surface area (TPSA) is 27.7 Å². The molecule has 0 spiro atoms. The third kappa shape index (κ3) is 3.98. The lowest BCUT2D eigenvalue weighted by molar-refractivity contribution is -0.00250. The minimum Gasteiger partial charge on any atom is -0.497 e. The molecular formula is C34H28O3. The molecular weight excluding hydrogens is 456 g/mol.